The molecule has 146 valence electrons. The Morgan fingerprint density at radius 2 is 1.62 bits per heavy atom. The van der Waals surface area contributed by atoms with Crippen molar-refractivity contribution >= 4 is 23.2 Å². The summed E-state index contributed by atoms with van der Waals surface area (Å²) in [5.74, 6) is 0.328. The Kier molecular flexibility index (Phi) is 5.29. The lowest BCUT2D eigenvalue weighted by Gasteiger charge is -2.17. The second-order valence-corrected chi connectivity index (χ2v) is 6.80. The predicted octanol–water partition coefficient (Wildman–Crippen LogP) is 4.54. The Labute approximate surface area is 169 Å². The van der Waals surface area contributed by atoms with E-state index >= 15 is 0 Å². The molecular formula is C24H22N2O3. The van der Waals surface area contributed by atoms with Crippen molar-refractivity contribution in [2.75, 3.05) is 23.4 Å². The molecule has 5 nitrogen and oxygen atoms in total. The monoisotopic (exact) mass is 386 g/mol. The minimum absolute atomic E-state index is 0.0522. The summed E-state index contributed by atoms with van der Waals surface area (Å²) in [6.45, 7) is 3.09. The molecule has 1 aliphatic rings. The third kappa shape index (κ3) is 3.85. The van der Waals surface area contributed by atoms with E-state index in [-0.39, 0.29) is 11.8 Å². The number of anilines is 2. The molecule has 0 fully saturated rings. The molecule has 5 heteroatoms. The van der Waals surface area contributed by atoms with Gasteiger partial charge in [-0.25, -0.2) is 0 Å². The van der Waals surface area contributed by atoms with E-state index < -0.39 is 0 Å². The van der Waals surface area contributed by atoms with Crippen LogP contribution in [0.3, 0.4) is 0 Å². The van der Waals surface area contributed by atoms with Gasteiger partial charge in [0.25, 0.3) is 11.8 Å². The Morgan fingerprint density at radius 3 is 2.41 bits per heavy atom. The van der Waals surface area contributed by atoms with Gasteiger partial charge in [-0.2, -0.15) is 0 Å². The number of rotatable bonds is 5. The second kappa shape index (κ2) is 8.19. The van der Waals surface area contributed by atoms with E-state index in [1.54, 1.807) is 35.2 Å². The van der Waals surface area contributed by atoms with E-state index in [0.29, 0.717) is 35.7 Å². The minimum atomic E-state index is -0.248. The van der Waals surface area contributed by atoms with Gasteiger partial charge >= 0.3 is 0 Å². The van der Waals surface area contributed by atoms with Crippen LogP contribution in [0.4, 0.5) is 11.4 Å². The van der Waals surface area contributed by atoms with Crippen molar-refractivity contribution in [2.45, 2.75) is 13.3 Å². The Balaban J connectivity index is 1.48. The summed E-state index contributed by atoms with van der Waals surface area (Å²) >= 11 is 0. The molecular weight excluding hydrogens is 364 g/mol. The molecule has 0 spiro atoms. The summed E-state index contributed by atoms with van der Waals surface area (Å²) < 4.78 is 5.55. The Morgan fingerprint density at radius 1 is 0.931 bits per heavy atom. The molecule has 4 rings (SSSR count). The number of amides is 2. The summed E-state index contributed by atoms with van der Waals surface area (Å²) in [5, 5.41) is 2.87. The van der Waals surface area contributed by atoms with E-state index in [4.69, 9.17) is 4.74 Å². The Hall–Kier alpha value is -3.60. The number of hydrogen-bond donors (Lipinski definition) is 1. The fourth-order valence-electron chi connectivity index (χ4n) is 3.51. The van der Waals surface area contributed by atoms with Gasteiger partial charge in [-0.1, -0.05) is 30.3 Å². The number of carbonyl (C=O) groups is 2. The van der Waals surface area contributed by atoms with Crippen LogP contribution in [0.5, 0.6) is 5.75 Å². The first-order chi connectivity index (χ1) is 14.2. The molecule has 3 aromatic carbocycles. The molecule has 2 amide bonds. The van der Waals surface area contributed by atoms with Crippen LogP contribution in [-0.2, 0) is 6.42 Å². The fraction of sp³-hybridized carbons (Fsp3) is 0.167. The molecule has 0 bridgehead atoms. The van der Waals surface area contributed by atoms with Gasteiger partial charge in [0.2, 0.25) is 0 Å². The number of nitrogens with one attached hydrogen (secondary N) is 1. The number of benzene rings is 3. The minimum Gasteiger partial charge on any atom is -0.492 e. The number of nitrogens with zero attached hydrogens (tertiary/aromatic N) is 1. The van der Waals surface area contributed by atoms with E-state index in [1.807, 2.05) is 43.3 Å². The normalized spacial score (nSPS) is 12.4. The van der Waals surface area contributed by atoms with Crippen LogP contribution in [0.15, 0.2) is 72.8 Å². The quantitative estimate of drug-likeness (QED) is 0.700. The third-order valence-electron chi connectivity index (χ3n) is 4.96. The van der Waals surface area contributed by atoms with Crippen molar-refractivity contribution in [2.24, 2.45) is 0 Å². The van der Waals surface area contributed by atoms with Gasteiger partial charge in [0, 0.05) is 23.4 Å². The molecule has 3 aromatic rings. The van der Waals surface area contributed by atoms with Crippen molar-refractivity contribution in [1.82, 2.24) is 0 Å². The highest BCUT2D eigenvalue weighted by atomic mass is 16.5. The van der Waals surface area contributed by atoms with Gasteiger partial charge in [-0.05, 0) is 61.4 Å². The molecule has 0 aromatic heterocycles. The first-order valence-electron chi connectivity index (χ1n) is 9.70. The standard InChI is InChI=1S/C24H22N2O3/c1-2-29-22-10-6-4-8-20(22)25-23(27)18-11-13-19(14-12-18)24(28)26-16-15-17-7-3-5-9-21(17)26/h3-14H,2,15-16H2,1H3,(H,25,27). The fourth-order valence-corrected chi connectivity index (χ4v) is 3.51. The molecule has 0 unspecified atom stereocenters. The average molecular weight is 386 g/mol. The van der Waals surface area contributed by atoms with E-state index in [9.17, 15) is 9.59 Å². The lowest BCUT2D eigenvalue weighted by atomic mass is 10.1. The smallest absolute Gasteiger partial charge is 0.258 e. The maximum absolute atomic E-state index is 12.9. The van der Waals surface area contributed by atoms with E-state index in [1.165, 1.54) is 5.56 Å². The summed E-state index contributed by atoms with van der Waals surface area (Å²) in [5.41, 5.74) is 3.81. The molecule has 0 aliphatic carbocycles. The molecule has 0 radical (unpaired) electrons. The Bertz CT molecular complexity index is 1040. The lowest BCUT2D eigenvalue weighted by molar-refractivity contribution is 0.0986. The first-order valence-corrected chi connectivity index (χ1v) is 9.70. The molecule has 0 saturated carbocycles. The van der Waals surface area contributed by atoms with Crippen molar-refractivity contribution in [3.8, 4) is 5.75 Å². The number of fused-ring (bicyclic) bond motifs is 1. The van der Waals surface area contributed by atoms with Crippen LogP contribution in [-0.4, -0.2) is 25.0 Å². The van der Waals surface area contributed by atoms with Crippen molar-refractivity contribution < 1.29 is 14.3 Å². The largest absolute Gasteiger partial charge is 0.492 e. The highest BCUT2D eigenvalue weighted by Crippen LogP contribution is 2.29. The highest BCUT2D eigenvalue weighted by molar-refractivity contribution is 6.09. The zero-order valence-corrected chi connectivity index (χ0v) is 16.2. The molecule has 1 heterocycles. The summed E-state index contributed by atoms with van der Waals surface area (Å²) in [6.07, 6.45) is 0.863. The van der Waals surface area contributed by atoms with Gasteiger partial charge in [0.1, 0.15) is 5.75 Å². The zero-order valence-electron chi connectivity index (χ0n) is 16.2. The lowest BCUT2D eigenvalue weighted by Crippen LogP contribution is -2.28. The van der Waals surface area contributed by atoms with Gasteiger partial charge < -0.3 is 15.0 Å². The van der Waals surface area contributed by atoms with Gasteiger partial charge in [0.05, 0.1) is 12.3 Å². The van der Waals surface area contributed by atoms with Crippen LogP contribution in [0, 0.1) is 0 Å². The molecule has 29 heavy (non-hydrogen) atoms. The van der Waals surface area contributed by atoms with Gasteiger partial charge in [-0.15, -0.1) is 0 Å². The highest BCUT2D eigenvalue weighted by Gasteiger charge is 2.25. The van der Waals surface area contributed by atoms with Crippen LogP contribution < -0.4 is 15.0 Å². The second-order valence-electron chi connectivity index (χ2n) is 6.80. The van der Waals surface area contributed by atoms with Crippen molar-refractivity contribution in [1.29, 1.82) is 0 Å². The molecule has 0 atom stereocenters. The molecule has 1 aliphatic heterocycles. The van der Waals surface area contributed by atoms with Gasteiger partial charge in [-0.3, -0.25) is 9.59 Å². The summed E-state index contributed by atoms with van der Waals surface area (Å²) in [6, 6.07) is 22.0. The van der Waals surface area contributed by atoms with Crippen molar-refractivity contribution in [3.05, 3.63) is 89.5 Å². The molecule has 0 saturated heterocycles. The number of para-hydroxylation sites is 3. The number of hydrogen-bond acceptors (Lipinski definition) is 3. The van der Waals surface area contributed by atoms with Crippen LogP contribution >= 0.6 is 0 Å². The van der Waals surface area contributed by atoms with E-state index in [2.05, 4.69) is 11.4 Å². The average Bonchev–Trinajstić information content (AvgIpc) is 3.19. The van der Waals surface area contributed by atoms with Crippen LogP contribution in [0.1, 0.15) is 33.2 Å². The maximum Gasteiger partial charge on any atom is 0.258 e. The number of ether oxygens (including phenoxy) is 1. The van der Waals surface area contributed by atoms with Crippen LogP contribution in [0.25, 0.3) is 0 Å². The predicted molar refractivity (Wildman–Crippen MR) is 114 cm³/mol. The third-order valence-corrected chi connectivity index (χ3v) is 4.96. The summed E-state index contributed by atoms with van der Waals surface area (Å²) in [7, 11) is 0. The van der Waals surface area contributed by atoms with Crippen LogP contribution in [0.2, 0.25) is 0 Å². The zero-order chi connectivity index (χ0) is 20.2. The maximum atomic E-state index is 12.9. The topological polar surface area (TPSA) is 58.6 Å². The van der Waals surface area contributed by atoms with E-state index in [0.717, 1.165) is 12.1 Å². The SMILES string of the molecule is CCOc1ccccc1NC(=O)c1ccc(C(=O)N2CCc3ccccc32)cc1. The van der Waals surface area contributed by atoms with Gasteiger partial charge in [0.15, 0.2) is 0 Å². The first kappa shape index (κ1) is 18.7. The molecule has 1 N–H and O–H groups in total. The van der Waals surface area contributed by atoms with Crippen molar-refractivity contribution in [3.63, 3.8) is 0 Å². The number of carbonyl (C=O) groups excluding carboxylic acids is 2. The summed E-state index contributed by atoms with van der Waals surface area (Å²) in [4.78, 5) is 27.3.